The van der Waals surface area contributed by atoms with Gasteiger partial charge in [0.1, 0.15) is 18.0 Å². The minimum Gasteiger partial charge on any atom is -0.363 e. The standard InChI is InChI=1S/C13H12ClF3N4/c1-21(2)12-6-11(18-7-19-12)20-10-4-3-8(14)5-9(10)13(15,16)17/h3-7H,1-2H3,(H,18,19,20). The monoisotopic (exact) mass is 316 g/mol. The second kappa shape index (κ2) is 5.77. The van der Waals surface area contributed by atoms with E-state index in [1.54, 1.807) is 25.1 Å². The molecule has 0 radical (unpaired) electrons. The van der Waals surface area contributed by atoms with Crippen molar-refractivity contribution in [1.82, 2.24) is 9.97 Å². The Bertz CT molecular complexity index is 644. The Labute approximate surface area is 124 Å². The number of halogens is 4. The lowest BCUT2D eigenvalue weighted by molar-refractivity contribution is -0.136. The normalized spacial score (nSPS) is 11.3. The van der Waals surface area contributed by atoms with Crippen molar-refractivity contribution in [3.05, 3.63) is 41.2 Å². The SMILES string of the molecule is CN(C)c1cc(Nc2ccc(Cl)cc2C(F)(F)F)ncn1. The zero-order valence-electron chi connectivity index (χ0n) is 11.2. The molecular weight excluding hydrogens is 305 g/mol. The first-order chi connectivity index (χ1) is 9.77. The van der Waals surface area contributed by atoms with E-state index >= 15 is 0 Å². The zero-order chi connectivity index (χ0) is 15.6. The fourth-order valence-corrected chi connectivity index (χ4v) is 1.83. The highest BCUT2D eigenvalue weighted by molar-refractivity contribution is 6.30. The van der Waals surface area contributed by atoms with Crippen molar-refractivity contribution in [2.24, 2.45) is 0 Å². The number of nitrogens with zero attached hydrogens (tertiary/aromatic N) is 3. The molecule has 112 valence electrons. The van der Waals surface area contributed by atoms with Gasteiger partial charge in [-0.1, -0.05) is 11.6 Å². The Morgan fingerprint density at radius 1 is 1.14 bits per heavy atom. The van der Waals surface area contributed by atoms with Crippen molar-refractivity contribution < 1.29 is 13.2 Å². The average molecular weight is 317 g/mol. The van der Waals surface area contributed by atoms with Gasteiger partial charge in [-0.3, -0.25) is 0 Å². The van der Waals surface area contributed by atoms with Crippen LogP contribution in [0.3, 0.4) is 0 Å². The van der Waals surface area contributed by atoms with E-state index in [-0.39, 0.29) is 16.5 Å². The smallest absolute Gasteiger partial charge is 0.363 e. The third kappa shape index (κ3) is 3.75. The molecule has 8 heteroatoms. The van der Waals surface area contributed by atoms with Crippen LogP contribution in [0.1, 0.15) is 5.56 Å². The first kappa shape index (κ1) is 15.4. The molecule has 0 saturated carbocycles. The number of benzene rings is 1. The quantitative estimate of drug-likeness (QED) is 0.930. The van der Waals surface area contributed by atoms with E-state index in [2.05, 4.69) is 15.3 Å². The largest absolute Gasteiger partial charge is 0.418 e. The molecule has 1 aromatic heterocycles. The predicted molar refractivity (Wildman–Crippen MR) is 76.1 cm³/mol. The van der Waals surface area contributed by atoms with Crippen molar-refractivity contribution >= 4 is 28.9 Å². The Kier molecular flexibility index (Phi) is 4.22. The molecule has 0 bridgehead atoms. The Hall–Kier alpha value is -2.02. The molecule has 0 atom stereocenters. The number of anilines is 3. The summed E-state index contributed by atoms with van der Waals surface area (Å²) in [6, 6.07) is 5.07. The van der Waals surface area contributed by atoms with Gasteiger partial charge in [0.05, 0.1) is 11.3 Å². The summed E-state index contributed by atoms with van der Waals surface area (Å²) in [6.07, 6.45) is -3.23. The van der Waals surface area contributed by atoms with Crippen molar-refractivity contribution in [3.63, 3.8) is 0 Å². The Morgan fingerprint density at radius 2 is 1.86 bits per heavy atom. The van der Waals surface area contributed by atoms with Gasteiger partial charge >= 0.3 is 6.18 Å². The van der Waals surface area contributed by atoms with Crippen LogP contribution in [0.15, 0.2) is 30.6 Å². The molecule has 0 aliphatic heterocycles. The maximum Gasteiger partial charge on any atom is 0.418 e. The fraction of sp³-hybridized carbons (Fsp3) is 0.231. The third-order valence-electron chi connectivity index (χ3n) is 2.66. The summed E-state index contributed by atoms with van der Waals surface area (Å²) in [5.41, 5.74) is -0.963. The third-order valence-corrected chi connectivity index (χ3v) is 2.90. The number of rotatable bonds is 3. The molecule has 0 spiro atoms. The molecule has 1 heterocycles. The molecule has 21 heavy (non-hydrogen) atoms. The molecule has 2 rings (SSSR count). The van der Waals surface area contributed by atoms with Crippen LogP contribution in [0.25, 0.3) is 0 Å². The second-order valence-corrected chi connectivity index (χ2v) is 4.90. The fourth-order valence-electron chi connectivity index (χ4n) is 1.66. The van der Waals surface area contributed by atoms with E-state index in [0.29, 0.717) is 5.82 Å². The zero-order valence-corrected chi connectivity index (χ0v) is 12.0. The van der Waals surface area contributed by atoms with E-state index in [0.717, 1.165) is 6.07 Å². The number of hydrogen-bond donors (Lipinski definition) is 1. The van der Waals surface area contributed by atoms with Crippen molar-refractivity contribution in [2.45, 2.75) is 6.18 Å². The minimum atomic E-state index is -4.51. The van der Waals surface area contributed by atoms with Crippen molar-refractivity contribution in [1.29, 1.82) is 0 Å². The van der Waals surface area contributed by atoms with Gasteiger partial charge in [0, 0.05) is 25.2 Å². The number of aromatic nitrogens is 2. The molecule has 0 fully saturated rings. The molecule has 0 aliphatic rings. The van der Waals surface area contributed by atoms with Crippen LogP contribution in [-0.2, 0) is 6.18 Å². The highest BCUT2D eigenvalue weighted by atomic mass is 35.5. The highest BCUT2D eigenvalue weighted by Crippen LogP contribution is 2.37. The predicted octanol–water partition coefficient (Wildman–Crippen LogP) is 3.96. The van der Waals surface area contributed by atoms with E-state index in [1.165, 1.54) is 18.5 Å². The highest BCUT2D eigenvalue weighted by Gasteiger charge is 2.33. The number of nitrogens with one attached hydrogen (secondary N) is 1. The molecule has 2 aromatic rings. The van der Waals surface area contributed by atoms with Gasteiger partial charge in [-0.2, -0.15) is 13.2 Å². The lowest BCUT2D eigenvalue weighted by atomic mass is 10.1. The summed E-state index contributed by atoms with van der Waals surface area (Å²) in [7, 11) is 3.55. The molecule has 0 saturated heterocycles. The van der Waals surface area contributed by atoms with Crippen LogP contribution >= 0.6 is 11.6 Å². The molecule has 1 aromatic carbocycles. The maximum absolute atomic E-state index is 13.0. The molecule has 0 aliphatic carbocycles. The van der Waals surface area contributed by atoms with E-state index < -0.39 is 11.7 Å². The molecule has 1 N–H and O–H groups in total. The first-order valence-corrected chi connectivity index (χ1v) is 6.28. The van der Waals surface area contributed by atoms with Gasteiger partial charge in [0.15, 0.2) is 0 Å². The van der Waals surface area contributed by atoms with Crippen LogP contribution in [0.2, 0.25) is 5.02 Å². The molecule has 4 nitrogen and oxygen atoms in total. The summed E-state index contributed by atoms with van der Waals surface area (Å²) in [5.74, 6) is 0.844. The van der Waals surface area contributed by atoms with Gasteiger partial charge in [-0.05, 0) is 18.2 Å². The van der Waals surface area contributed by atoms with Crippen LogP contribution in [0.5, 0.6) is 0 Å². The minimum absolute atomic E-state index is 0.0181. The lowest BCUT2D eigenvalue weighted by Crippen LogP contribution is -2.12. The molecule has 0 amide bonds. The van der Waals surface area contributed by atoms with Crippen molar-refractivity contribution in [2.75, 3.05) is 24.3 Å². The van der Waals surface area contributed by atoms with Gasteiger partial charge in [-0.25, -0.2) is 9.97 Å². The van der Waals surface area contributed by atoms with Crippen molar-refractivity contribution in [3.8, 4) is 0 Å². The van der Waals surface area contributed by atoms with Crippen LogP contribution < -0.4 is 10.2 Å². The maximum atomic E-state index is 13.0. The summed E-state index contributed by atoms with van der Waals surface area (Å²) < 4.78 is 39.0. The second-order valence-electron chi connectivity index (χ2n) is 4.47. The van der Waals surface area contributed by atoms with E-state index in [4.69, 9.17) is 11.6 Å². The summed E-state index contributed by atoms with van der Waals surface area (Å²) in [5, 5.41) is 2.66. The molecular formula is C13H12ClF3N4. The van der Waals surface area contributed by atoms with Gasteiger partial charge < -0.3 is 10.2 Å². The summed E-state index contributed by atoms with van der Waals surface area (Å²) >= 11 is 5.63. The topological polar surface area (TPSA) is 41.0 Å². The average Bonchev–Trinajstić information content (AvgIpc) is 2.40. The van der Waals surface area contributed by atoms with E-state index in [9.17, 15) is 13.2 Å². The number of hydrogen-bond acceptors (Lipinski definition) is 4. The first-order valence-electron chi connectivity index (χ1n) is 5.90. The number of alkyl halides is 3. The van der Waals surface area contributed by atoms with Crippen LogP contribution in [-0.4, -0.2) is 24.1 Å². The summed E-state index contributed by atoms with van der Waals surface area (Å²) in [6.45, 7) is 0. The van der Waals surface area contributed by atoms with Gasteiger partial charge in [0.25, 0.3) is 0 Å². The Morgan fingerprint density at radius 3 is 2.48 bits per heavy atom. The van der Waals surface area contributed by atoms with Crippen LogP contribution in [0, 0.1) is 0 Å². The van der Waals surface area contributed by atoms with E-state index in [1.807, 2.05) is 0 Å². The Balaban J connectivity index is 2.38. The van der Waals surface area contributed by atoms with Gasteiger partial charge in [-0.15, -0.1) is 0 Å². The lowest BCUT2D eigenvalue weighted by Gasteiger charge is -2.16. The molecule has 0 unspecified atom stereocenters. The van der Waals surface area contributed by atoms with Crippen LogP contribution in [0.4, 0.5) is 30.5 Å². The van der Waals surface area contributed by atoms with Gasteiger partial charge in [0.2, 0.25) is 0 Å². The summed E-state index contributed by atoms with van der Waals surface area (Å²) in [4.78, 5) is 9.63.